The molecule has 0 saturated carbocycles. The van der Waals surface area contributed by atoms with Crippen LogP contribution in [0.1, 0.15) is 31.9 Å². The van der Waals surface area contributed by atoms with E-state index in [1.54, 1.807) is 13.2 Å². The predicted molar refractivity (Wildman–Crippen MR) is 70.1 cm³/mol. The van der Waals surface area contributed by atoms with E-state index in [1.165, 1.54) is 0 Å². The zero-order valence-corrected chi connectivity index (χ0v) is 11.1. The standard InChI is InChI=1S/C14H22FNO/c1-5-11-7-8-13(15)12(6-2)14(11)16-10(3)9-17-4/h7-8,10,16H,5-6,9H2,1-4H3. The summed E-state index contributed by atoms with van der Waals surface area (Å²) in [6.45, 7) is 6.71. The molecule has 0 aromatic heterocycles. The van der Waals surface area contributed by atoms with E-state index in [4.69, 9.17) is 4.74 Å². The molecule has 1 N–H and O–H groups in total. The predicted octanol–water partition coefficient (Wildman–Crippen LogP) is 3.40. The lowest BCUT2D eigenvalue weighted by Gasteiger charge is -2.20. The number of benzene rings is 1. The first-order chi connectivity index (χ1) is 8.13. The third-order valence-electron chi connectivity index (χ3n) is 2.88. The third kappa shape index (κ3) is 3.43. The fourth-order valence-corrected chi connectivity index (χ4v) is 2.03. The molecule has 0 spiro atoms. The molecule has 0 aliphatic rings. The van der Waals surface area contributed by atoms with Crippen LogP contribution in [0.25, 0.3) is 0 Å². The Morgan fingerprint density at radius 3 is 2.53 bits per heavy atom. The number of anilines is 1. The summed E-state index contributed by atoms with van der Waals surface area (Å²) in [5, 5.41) is 3.36. The van der Waals surface area contributed by atoms with Crippen LogP contribution in [-0.4, -0.2) is 19.8 Å². The molecule has 17 heavy (non-hydrogen) atoms. The van der Waals surface area contributed by atoms with E-state index in [-0.39, 0.29) is 11.9 Å². The Kier molecular flexibility index (Phi) is 5.42. The Hall–Kier alpha value is -1.09. The van der Waals surface area contributed by atoms with Crippen molar-refractivity contribution in [1.82, 2.24) is 0 Å². The highest BCUT2D eigenvalue weighted by atomic mass is 19.1. The molecule has 0 aliphatic carbocycles. The Bertz CT molecular complexity index is 365. The van der Waals surface area contributed by atoms with E-state index in [0.717, 1.165) is 23.2 Å². The number of nitrogens with one attached hydrogen (secondary N) is 1. The maximum atomic E-state index is 13.7. The van der Waals surface area contributed by atoms with Gasteiger partial charge in [0, 0.05) is 24.4 Å². The van der Waals surface area contributed by atoms with Crippen LogP contribution in [0, 0.1) is 5.82 Å². The lowest BCUT2D eigenvalue weighted by molar-refractivity contribution is 0.190. The maximum absolute atomic E-state index is 13.7. The number of ether oxygens (including phenoxy) is 1. The summed E-state index contributed by atoms with van der Waals surface area (Å²) >= 11 is 0. The molecular weight excluding hydrogens is 217 g/mol. The number of methoxy groups -OCH3 is 1. The summed E-state index contributed by atoms with van der Waals surface area (Å²) in [5.74, 6) is -0.128. The molecule has 1 aromatic rings. The summed E-state index contributed by atoms with van der Waals surface area (Å²) < 4.78 is 18.8. The molecule has 1 rings (SSSR count). The van der Waals surface area contributed by atoms with E-state index < -0.39 is 0 Å². The topological polar surface area (TPSA) is 21.3 Å². The first kappa shape index (κ1) is 14.0. The molecule has 0 radical (unpaired) electrons. The minimum absolute atomic E-state index is 0.128. The summed E-state index contributed by atoms with van der Waals surface area (Å²) in [6.07, 6.45) is 1.59. The number of hydrogen-bond acceptors (Lipinski definition) is 2. The number of halogens is 1. The molecule has 0 amide bonds. The smallest absolute Gasteiger partial charge is 0.128 e. The molecule has 1 unspecified atom stereocenters. The monoisotopic (exact) mass is 239 g/mol. The van der Waals surface area contributed by atoms with Crippen LogP contribution in [0.15, 0.2) is 12.1 Å². The van der Waals surface area contributed by atoms with Gasteiger partial charge in [-0.2, -0.15) is 0 Å². The lowest BCUT2D eigenvalue weighted by Crippen LogP contribution is -2.22. The second kappa shape index (κ2) is 6.60. The largest absolute Gasteiger partial charge is 0.383 e. The van der Waals surface area contributed by atoms with E-state index in [9.17, 15) is 4.39 Å². The van der Waals surface area contributed by atoms with Crippen LogP contribution < -0.4 is 5.32 Å². The van der Waals surface area contributed by atoms with Gasteiger partial charge in [-0.25, -0.2) is 4.39 Å². The Balaban J connectivity index is 3.04. The summed E-state index contributed by atoms with van der Waals surface area (Å²) in [7, 11) is 1.67. The second-order valence-corrected chi connectivity index (χ2v) is 4.27. The zero-order chi connectivity index (χ0) is 12.8. The van der Waals surface area contributed by atoms with Crippen LogP contribution in [-0.2, 0) is 17.6 Å². The Morgan fingerprint density at radius 1 is 1.29 bits per heavy atom. The molecule has 96 valence electrons. The zero-order valence-electron chi connectivity index (χ0n) is 11.1. The summed E-state index contributed by atoms with van der Waals surface area (Å²) in [4.78, 5) is 0. The molecular formula is C14H22FNO. The maximum Gasteiger partial charge on any atom is 0.128 e. The summed E-state index contributed by atoms with van der Waals surface area (Å²) in [6, 6.07) is 3.59. The first-order valence-electron chi connectivity index (χ1n) is 6.19. The van der Waals surface area contributed by atoms with Crippen LogP contribution in [0.4, 0.5) is 10.1 Å². The van der Waals surface area contributed by atoms with E-state index in [0.29, 0.717) is 13.0 Å². The minimum atomic E-state index is -0.128. The van der Waals surface area contributed by atoms with Gasteiger partial charge in [0.2, 0.25) is 0 Å². The molecule has 0 bridgehead atoms. The normalized spacial score (nSPS) is 12.5. The van der Waals surface area contributed by atoms with Crippen molar-refractivity contribution in [1.29, 1.82) is 0 Å². The molecule has 0 aliphatic heterocycles. The van der Waals surface area contributed by atoms with Gasteiger partial charge in [0.25, 0.3) is 0 Å². The average molecular weight is 239 g/mol. The first-order valence-corrected chi connectivity index (χ1v) is 6.19. The van der Waals surface area contributed by atoms with Crippen molar-refractivity contribution in [2.45, 2.75) is 39.7 Å². The van der Waals surface area contributed by atoms with E-state index >= 15 is 0 Å². The molecule has 2 nitrogen and oxygen atoms in total. The van der Waals surface area contributed by atoms with Gasteiger partial charge in [-0.3, -0.25) is 0 Å². The van der Waals surface area contributed by atoms with Gasteiger partial charge >= 0.3 is 0 Å². The van der Waals surface area contributed by atoms with Gasteiger partial charge in [0.05, 0.1) is 6.61 Å². The van der Waals surface area contributed by atoms with Gasteiger partial charge in [0.15, 0.2) is 0 Å². The highest BCUT2D eigenvalue weighted by molar-refractivity contribution is 5.59. The van der Waals surface area contributed by atoms with Crippen molar-refractivity contribution in [2.75, 3.05) is 19.0 Å². The average Bonchev–Trinajstić information content (AvgIpc) is 2.30. The van der Waals surface area contributed by atoms with E-state index in [2.05, 4.69) is 12.2 Å². The van der Waals surface area contributed by atoms with Crippen molar-refractivity contribution >= 4 is 5.69 Å². The summed E-state index contributed by atoms with van der Waals surface area (Å²) in [5.41, 5.74) is 2.87. The van der Waals surface area contributed by atoms with Crippen molar-refractivity contribution in [3.05, 3.63) is 29.1 Å². The Labute approximate surface area is 103 Å². The van der Waals surface area contributed by atoms with Crippen molar-refractivity contribution in [3.8, 4) is 0 Å². The van der Waals surface area contributed by atoms with Crippen LogP contribution >= 0.6 is 0 Å². The highest BCUT2D eigenvalue weighted by Crippen LogP contribution is 2.26. The number of aryl methyl sites for hydroxylation is 1. The molecule has 0 fully saturated rings. The number of rotatable bonds is 6. The van der Waals surface area contributed by atoms with Crippen molar-refractivity contribution in [2.24, 2.45) is 0 Å². The van der Waals surface area contributed by atoms with Crippen molar-refractivity contribution < 1.29 is 9.13 Å². The van der Waals surface area contributed by atoms with Crippen LogP contribution in [0.2, 0.25) is 0 Å². The molecule has 0 saturated heterocycles. The minimum Gasteiger partial charge on any atom is -0.383 e. The lowest BCUT2D eigenvalue weighted by atomic mass is 10.0. The Morgan fingerprint density at radius 2 is 2.00 bits per heavy atom. The fraction of sp³-hybridized carbons (Fsp3) is 0.571. The second-order valence-electron chi connectivity index (χ2n) is 4.27. The molecule has 3 heteroatoms. The molecule has 1 atom stereocenters. The third-order valence-corrected chi connectivity index (χ3v) is 2.88. The van der Waals surface area contributed by atoms with Gasteiger partial charge in [-0.15, -0.1) is 0 Å². The van der Waals surface area contributed by atoms with Crippen molar-refractivity contribution in [3.63, 3.8) is 0 Å². The number of hydrogen-bond donors (Lipinski definition) is 1. The SMILES string of the molecule is CCc1ccc(F)c(CC)c1NC(C)COC. The van der Waals surface area contributed by atoms with Gasteiger partial charge < -0.3 is 10.1 Å². The van der Waals surface area contributed by atoms with Crippen LogP contribution in [0.3, 0.4) is 0 Å². The van der Waals surface area contributed by atoms with Gasteiger partial charge in [-0.05, 0) is 31.4 Å². The molecule has 0 heterocycles. The quantitative estimate of drug-likeness (QED) is 0.821. The van der Waals surface area contributed by atoms with Crippen LogP contribution in [0.5, 0.6) is 0 Å². The highest BCUT2D eigenvalue weighted by Gasteiger charge is 2.13. The fourth-order valence-electron chi connectivity index (χ4n) is 2.03. The van der Waals surface area contributed by atoms with Gasteiger partial charge in [0.1, 0.15) is 5.82 Å². The van der Waals surface area contributed by atoms with Gasteiger partial charge in [-0.1, -0.05) is 19.9 Å². The van der Waals surface area contributed by atoms with E-state index in [1.807, 2.05) is 19.9 Å². The molecule has 1 aromatic carbocycles.